The molecule has 4 aromatic rings. The third kappa shape index (κ3) is 5.79. The van der Waals surface area contributed by atoms with Crippen molar-refractivity contribution in [1.82, 2.24) is 9.97 Å². The summed E-state index contributed by atoms with van der Waals surface area (Å²) in [6.45, 7) is 8.00. The normalized spacial score (nSPS) is 9.68. The van der Waals surface area contributed by atoms with Crippen molar-refractivity contribution in [3.63, 3.8) is 0 Å². The Labute approximate surface area is 182 Å². The third-order valence-corrected chi connectivity index (χ3v) is 4.19. The number of phenolic OH excluding ortho intramolecular Hbond substituents is 1. The van der Waals surface area contributed by atoms with Gasteiger partial charge in [-0.1, -0.05) is 27.7 Å². The van der Waals surface area contributed by atoms with Gasteiger partial charge >= 0.3 is 0 Å². The van der Waals surface area contributed by atoms with Crippen LogP contribution in [0.15, 0.2) is 66.7 Å². The Hall–Kier alpha value is -3.93. The van der Waals surface area contributed by atoms with Gasteiger partial charge < -0.3 is 15.4 Å². The predicted molar refractivity (Wildman–Crippen MR) is 126 cm³/mol. The Morgan fingerprint density at radius 1 is 0.935 bits per heavy atom. The smallest absolute Gasteiger partial charge is 0.255 e. The molecule has 0 aliphatic rings. The maximum atomic E-state index is 12.2. The van der Waals surface area contributed by atoms with E-state index < -0.39 is 0 Å². The van der Waals surface area contributed by atoms with E-state index in [1.807, 2.05) is 39.8 Å². The van der Waals surface area contributed by atoms with Crippen LogP contribution in [0, 0.1) is 0 Å². The van der Waals surface area contributed by atoms with Crippen LogP contribution < -0.4 is 5.32 Å². The number of imidazole rings is 1. The quantitative estimate of drug-likeness (QED) is 0.352. The Kier molecular flexibility index (Phi) is 8.52. The van der Waals surface area contributed by atoms with Crippen molar-refractivity contribution in [3.05, 3.63) is 77.9 Å². The molecule has 0 fully saturated rings. The van der Waals surface area contributed by atoms with Crippen LogP contribution in [0.5, 0.6) is 5.75 Å². The zero-order chi connectivity index (χ0) is 22.8. The molecule has 3 N–H and O–H groups in total. The van der Waals surface area contributed by atoms with Gasteiger partial charge in [-0.25, -0.2) is 4.98 Å². The molecule has 3 aromatic carbocycles. The zero-order valence-electron chi connectivity index (χ0n) is 18.1. The molecule has 31 heavy (non-hydrogen) atoms. The standard InChI is InChI=1S/C21H15N3O3.2C2H6/c25-12-13-1-10-18-19(11-13)24-20(23-18)14-2-6-16(7-3-14)22-21(27)15-4-8-17(26)9-5-15;2*1-2/h1-12,26H,(H,22,27)(H,23,24);2*1-2H3. The number of fused-ring (bicyclic) bond motifs is 1. The fourth-order valence-corrected chi connectivity index (χ4v) is 2.76. The minimum Gasteiger partial charge on any atom is -0.508 e. The first-order valence-electron chi connectivity index (χ1n) is 10.3. The van der Waals surface area contributed by atoms with Crippen LogP contribution in [0.1, 0.15) is 48.4 Å². The Morgan fingerprint density at radius 3 is 2.19 bits per heavy atom. The highest BCUT2D eigenvalue weighted by Gasteiger charge is 2.08. The first-order chi connectivity index (χ1) is 15.1. The number of hydrogen-bond acceptors (Lipinski definition) is 4. The summed E-state index contributed by atoms with van der Waals surface area (Å²) in [7, 11) is 0. The minimum absolute atomic E-state index is 0.113. The molecule has 6 nitrogen and oxygen atoms in total. The van der Waals surface area contributed by atoms with Gasteiger partial charge in [-0.05, 0) is 66.7 Å². The van der Waals surface area contributed by atoms with Gasteiger partial charge in [-0.2, -0.15) is 0 Å². The number of aldehydes is 1. The van der Waals surface area contributed by atoms with E-state index in [0.717, 1.165) is 22.9 Å². The number of H-pyrrole nitrogens is 1. The van der Waals surface area contributed by atoms with Crippen LogP contribution in [0.2, 0.25) is 0 Å². The summed E-state index contributed by atoms with van der Waals surface area (Å²) < 4.78 is 0. The van der Waals surface area contributed by atoms with Crippen LogP contribution in [-0.2, 0) is 0 Å². The molecule has 0 saturated carbocycles. The third-order valence-electron chi connectivity index (χ3n) is 4.19. The number of aromatic amines is 1. The van der Waals surface area contributed by atoms with Gasteiger partial charge in [-0.15, -0.1) is 0 Å². The summed E-state index contributed by atoms with van der Waals surface area (Å²) in [4.78, 5) is 30.8. The number of hydrogen-bond donors (Lipinski definition) is 3. The first-order valence-corrected chi connectivity index (χ1v) is 10.3. The van der Waals surface area contributed by atoms with Crippen molar-refractivity contribution >= 4 is 28.9 Å². The molecule has 4 rings (SSSR count). The number of phenols is 1. The second kappa shape index (κ2) is 11.3. The molecule has 0 radical (unpaired) electrons. The van der Waals surface area contributed by atoms with E-state index in [1.165, 1.54) is 12.1 Å². The van der Waals surface area contributed by atoms with E-state index in [4.69, 9.17) is 0 Å². The van der Waals surface area contributed by atoms with E-state index in [1.54, 1.807) is 42.5 Å². The van der Waals surface area contributed by atoms with Crippen LogP contribution in [0.25, 0.3) is 22.4 Å². The first kappa shape index (κ1) is 23.3. The highest BCUT2D eigenvalue weighted by molar-refractivity contribution is 6.04. The summed E-state index contributed by atoms with van der Waals surface area (Å²) >= 11 is 0. The SMILES string of the molecule is CC.CC.O=Cc1ccc2nc(-c3ccc(NC(=O)c4ccc(O)cc4)cc3)[nH]c2c1. The monoisotopic (exact) mass is 417 g/mol. The molecule has 0 aliphatic carbocycles. The van der Waals surface area contributed by atoms with Gasteiger partial charge in [0.25, 0.3) is 5.91 Å². The number of aromatic nitrogens is 2. The summed E-state index contributed by atoms with van der Waals surface area (Å²) in [5, 5.41) is 12.1. The average Bonchev–Trinajstić information content (AvgIpc) is 3.26. The molecule has 6 heteroatoms. The van der Waals surface area contributed by atoms with Gasteiger partial charge in [0.15, 0.2) is 0 Å². The number of carbonyl (C=O) groups excluding carboxylic acids is 2. The molecule has 0 spiro atoms. The Balaban J connectivity index is 0.000000807. The van der Waals surface area contributed by atoms with E-state index in [-0.39, 0.29) is 11.7 Å². The van der Waals surface area contributed by atoms with Crippen molar-refractivity contribution in [2.24, 2.45) is 0 Å². The molecule has 0 saturated heterocycles. The van der Waals surface area contributed by atoms with Crippen molar-refractivity contribution in [1.29, 1.82) is 0 Å². The summed E-state index contributed by atoms with van der Waals surface area (Å²) in [6, 6.07) is 18.6. The highest BCUT2D eigenvalue weighted by atomic mass is 16.3. The van der Waals surface area contributed by atoms with Crippen LogP contribution in [0.3, 0.4) is 0 Å². The minimum atomic E-state index is -0.257. The fraction of sp³-hybridized carbons (Fsp3) is 0.160. The van der Waals surface area contributed by atoms with Gasteiger partial charge in [0.05, 0.1) is 11.0 Å². The summed E-state index contributed by atoms with van der Waals surface area (Å²) in [5.41, 5.74) is 4.13. The molecule has 0 aliphatic heterocycles. The maximum absolute atomic E-state index is 12.2. The lowest BCUT2D eigenvalue weighted by Crippen LogP contribution is -2.11. The van der Waals surface area contributed by atoms with E-state index in [9.17, 15) is 14.7 Å². The van der Waals surface area contributed by atoms with Crippen molar-refractivity contribution < 1.29 is 14.7 Å². The highest BCUT2D eigenvalue weighted by Crippen LogP contribution is 2.23. The van der Waals surface area contributed by atoms with Gasteiger partial charge in [0.1, 0.15) is 17.9 Å². The van der Waals surface area contributed by atoms with E-state index >= 15 is 0 Å². The fourth-order valence-electron chi connectivity index (χ4n) is 2.76. The number of nitrogens with zero attached hydrogens (tertiary/aromatic N) is 1. The molecule has 160 valence electrons. The second-order valence-corrected chi connectivity index (χ2v) is 6.06. The van der Waals surface area contributed by atoms with Crippen molar-refractivity contribution in [3.8, 4) is 17.1 Å². The van der Waals surface area contributed by atoms with Gasteiger partial charge in [-0.3, -0.25) is 9.59 Å². The topological polar surface area (TPSA) is 95.1 Å². The number of anilines is 1. The maximum Gasteiger partial charge on any atom is 0.255 e. The number of rotatable bonds is 4. The van der Waals surface area contributed by atoms with E-state index in [2.05, 4.69) is 15.3 Å². The second-order valence-electron chi connectivity index (χ2n) is 6.06. The Bertz CT molecular complexity index is 1130. The number of aromatic hydroxyl groups is 1. The van der Waals surface area contributed by atoms with Gasteiger partial charge in [0.2, 0.25) is 0 Å². The molecular weight excluding hydrogens is 390 g/mol. The number of benzene rings is 3. The number of amides is 1. The summed E-state index contributed by atoms with van der Waals surface area (Å²) in [5.74, 6) is 0.541. The molecule has 0 atom stereocenters. The lowest BCUT2D eigenvalue weighted by molar-refractivity contribution is 0.102. The molecule has 1 aromatic heterocycles. The lowest BCUT2D eigenvalue weighted by Gasteiger charge is -2.06. The molecule has 1 heterocycles. The van der Waals surface area contributed by atoms with Gasteiger partial charge in [0, 0.05) is 22.4 Å². The van der Waals surface area contributed by atoms with Crippen LogP contribution in [-0.4, -0.2) is 27.3 Å². The van der Waals surface area contributed by atoms with Crippen molar-refractivity contribution in [2.75, 3.05) is 5.32 Å². The molecule has 1 amide bonds. The van der Waals surface area contributed by atoms with Crippen LogP contribution in [0.4, 0.5) is 5.69 Å². The van der Waals surface area contributed by atoms with Crippen LogP contribution >= 0.6 is 0 Å². The van der Waals surface area contributed by atoms with E-state index in [0.29, 0.717) is 22.6 Å². The summed E-state index contributed by atoms with van der Waals surface area (Å²) in [6.07, 6.45) is 0.797. The molecule has 0 bridgehead atoms. The zero-order valence-corrected chi connectivity index (χ0v) is 18.1. The molecular formula is C25H27N3O3. The predicted octanol–water partition coefficient (Wildman–Crippen LogP) is 6.05. The number of nitrogens with one attached hydrogen (secondary N) is 2. The Morgan fingerprint density at radius 2 is 1.58 bits per heavy atom. The average molecular weight is 418 g/mol. The van der Waals surface area contributed by atoms with Crippen molar-refractivity contribution in [2.45, 2.75) is 27.7 Å². The lowest BCUT2D eigenvalue weighted by atomic mass is 10.1. The largest absolute Gasteiger partial charge is 0.508 e. The number of carbonyl (C=O) groups is 2. The molecule has 0 unspecified atom stereocenters.